The van der Waals surface area contributed by atoms with Gasteiger partial charge in [-0.25, -0.2) is 4.99 Å². The fraction of sp³-hybridized carbons (Fsp3) is 0.273. The summed E-state index contributed by atoms with van der Waals surface area (Å²) in [6.07, 6.45) is -3.29. The van der Waals surface area contributed by atoms with Crippen molar-refractivity contribution in [1.29, 1.82) is 0 Å². The first-order valence-electron chi connectivity index (χ1n) is 9.56. The van der Waals surface area contributed by atoms with E-state index in [4.69, 9.17) is 22.1 Å². The molecular formula is C22H23ClF3N3O2. The Kier molecular flexibility index (Phi) is 9.08. The lowest BCUT2D eigenvalue weighted by Gasteiger charge is -2.10. The van der Waals surface area contributed by atoms with Crippen LogP contribution in [0, 0.1) is 0 Å². The first-order valence-corrected chi connectivity index (χ1v) is 9.94. The molecule has 0 saturated carbocycles. The van der Waals surface area contributed by atoms with Crippen molar-refractivity contribution in [2.75, 3.05) is 19.8 Å². The minimum Gasteiger partial charge on any atom is -0.395 e. The SMILES string of the molecule is CCOCCCNC(=O)c1ccc(C(/C=C(\N)C(F)(F)F)=Nc2ccccc2Cl)cc1. The van der Waals surface area contributed by atoms with Crippen molar-refractivity contribution in [3.63, 3.8) is 0 Å². The number of hydrogen-bond acceptors (Lipinski definition) is 4. The van der Waals surface area contributed by atoms with Crippen LogP contribution < -0.4 is 11.1 Å². The molecule has 0 fully saturated rings. The highest BCUT2D eigenvalue weighted by molar-refractivity contribution is 6.33. The molecule has 5 nitrogen and oxygen atoms in total. The maximum atomic E-state index is 13.0. The van der Waals surface area contributed by atoms with Crippen molar-refractivity contribution in [3.05, 3.63) is 76.5 Å². The number of aliphatic imine (C=N–C) groups is 1. The maximum absolute atomic E-state index is 13.0. The average Bonchev–Trinajstić information content (AvgIpc) is 2.74. The van der Waals surface area contributed by atoms with Gasteiger partial charge in [-0.3, -0.25) is 4.79 Å². The zero-order chi connectivity index (χ0) is 22.9. The summed E-state index contributed by atoms with van der Waals surface area (Å²) in [6.45, 7) is 3.50. The summed E-state index contributed by atoms with van der Waals surface area (Å²) in [4.78, 5) is 16.5. The van der Waals surface area contributed by atoms with E-state index in [1.165, 1.54) is 24.3 Å². The van der Waals surface area contributed by atoms with Crippen LogP contribution in [0.2, 0.25) is 5.02 Å². The van der Waals surface area contributed by atoms with Crippen LogP contribution in [0.4, 0.5) is 18.9 Å². The van der Waals surface area contributed by atoms with E-state index in [1.54, 1.807) is 24.3 Å². The smallest absolute Gasteiger partial charge is 0.395 e. The fourth-order valence-corrected chi connectivity index (χ4v) is 2.67. The van der Waals surface area contributed by atoms with Crippen LogP contribution in [-0.4, -0.2) is 37.6 Å². The van der Waals surface area contributed by atoms with Crippen LogP contribution in [-0.2, 0) is 4.74 Å². The third-order valence-electron chi connectivity index (χ3n) is 4.11. The molecule has 0 radical (unpaired) electrons. The number of allylic oxidation sites excluding steroid dienone is 2. The van der Waals surface area contributed by atoms with E-state index in [9.17, 15) is 18.0 Å². The third kappa shape index (κ3) is 7.73. The van der Waals surface area contributed by atoms with Gasteiger partial charge in [0.25, 0.3) is 5.91 Å². The summed E-state index contributed by atoms with van der Waals surface area (Å²) in [7, 11) is 0. The minimum absolute atomic E-state index is 0.0356. The van der Waals surface area contributed by atoms with E-state index in [0.717, 1.165) is 6.08 Å². The van der Waals surface area contributed by atoms with Gasteiger partial charge in [0.2, 0.25) is 0 Å². The summed E-state index contributed by atoms with van der Waals surface area (Å²) >= 11 is 6.09. The minimum atomic E-state index is -4.71. The Labute approximate surface area is 183 Å². The molecule has 0 spiro atoms. The van der Waals surface area contributed by atoms with Crippen LogP contribution in [0.5, 0.6) is 0 Å². The largest absolute Gasteiger partial charge is 0.430 e. The highest BCUT2D eigenvalue weighted by Gasteiger charge is 2.31. The Morgan fingerprint density at radius 2 is 1.81 bits per heavy atom. The number of halogens is 4. The van der Waals surface area contributed by atoms with Crippen molar-refractivity contribution in [2.45, 2.75) is 19.5 Å². The van der Waals surface area contributed by atoms with E-state index in [0.29, 0.717) is 43.0 Å². The standard InChI is InChI=1S/C22H23ClF3N3O2/c1-2-31-13-5-12-28-21(30)16-10-8-15(9-11-16)19(14-20(27)22(24,25)26)29-18-7-4-3-6-17(18)23/h3-4,6-11,14H,2,5,12-13,27H2,1H3,(H,28,30)/b20-14-,29-19?. The summed E-state index contributed by atoms with van der Waals surface area (Å²) < 4.78 is 44.1. The van der Waals surface area contributed by atoms with Crippen LogP contribution in [0.1, 0.15) is 29.3 Å². The molecule has 2 aromatic rings. The van der Waals surface area contributed by atoms with Crippen LogP contribution in [0.25, 0.3) is 0 Å². The van der Waals surface area contributed by atoms with E-state index in [1.807, 2.05) is 6.92 Å². The van der Waals surface area contributed by atoms with E-state index in [2.05, 4.69) is 10.3 Å². The van der Waals surface area contributed by atoms with Crippen LogP contribution in [0.3, 0.4) is 0 Å². The Hall–Kier alpha value is -2.84. The zero-order valence-corrected chi connectivity index (χ0v) is 17.6. The molecule has 0 aromatic heterocycles. The summed E-state index contributed by atoms with van der Waals surface area (Å²) in [5, 5.41) is 3.04. The van der Waals surface area contributed by atoms with Gasteiger partial charge in [-0.2, -0.15) is 13.2 Å². The molecule has 0 saturated heterocycles. The van der Waals surface area contributed by atoms with Gasteiger partial charge in [-0.05, 0) is 43.7 Å². The molecule has 0 aliphatic rings. The quantitative estimate of drug-likeness (QED) is 0.413. The Morgan fingerprint density at radius 1 is 1.16 bits per heavy atom. The number of hydrogen-bond donors (Lipinski definition) is 2. The van der Waals surface area contributed by atoms with Gasteiger partial charge in [0.05, 0.1) is 16.4 Å². The second-order valence-electron chi connectivity index (χ2n) is 6.43. The molecule has 0 heterocycles. The molecule has 0 bridgehead atoms. The highest BCUT2D eigenvalue weighted by atomic mass is 35.5. The predicted octanol–water partition coefficient (Wildman–Crippen LogP) is 5.02. The molecule has 2 rings (SSSR count). The number of nitrogens with zero attached hydrogens (tertiary/aromatic N) is 1. The lowest BCUT2D eigenvalue weighted by atomic mass is 10.1. The number of alkyl halides is 3. The van der Waals surface area contributed by atoms with Crippen molar-refractivity contribution in [2.24, 2.45) is 10.7 Å². The number of nitrogens with one attached hydrogen (secondary N) is 1. The number of benzene rings is 2. The fourth-order valence-electron chi connectivity index (χ4n) is 2.50. The maximum Gasteiger partial charge on any atom is 0.430 e. The second-order valence-corrected chi connectivity index (χ2v) is 6.84. The molecule has 0 atom stereocenters. The summed E-state index contributed by atoms with van der Waals surface area (Å²) in [5.41, 5.74) is 4.87. The lowest BCUT2D eigenvalue weighted by molar-refractivity contribution is -0.0925. The lowest BCUT2D eigenvalue weighted by Crippen LogP contribution is -2.25. The van der Waals surface area contributed by atoms with Crippen LogP contribution >= 0.6 is 11.6 Å². The number of carbonyl (C=O) groups excluding carboxylic acids is 1. The van der Waals surface area contributed by atoms with E-state index >= 15 is 0 Å². The second kappa shape index (κ2) is 11.5. The van der Waals surface area contributed by atoms with E-state index < -0.39 is 11.9 Å². The number of rotatable bonds is 9. The highest BCUT2D eigenvalue weighted by Crippen LogP contribution is 2.27. The van der Waals surface area contributed by atoms with Crippen molar-refractivity contribution >= 4 is 28.9 Å². The molecule has 2 aromatic carbocycles. The number of ether oxygens (including phenoxy) is 1. The average molecular weight is 454 g/mol. The normalized spacial score (nSPS) is 12.7. The molecule has 0 aliphatic heterocycles. The van der Waals surface area contributed by atoms with Gasteiger partial charge in [0, 0.05) is 30.9 Å². The molecule has 0 unspecified atom stereocenters. The van der Waals surface area contributed by atoms with Gasteiger partial charge >= 0.3 is 6.18 Å². The molecule has 1 amide bonds. The number of nitrogens with two attached hydrogens (primary N) is 1. The Balaban J connectivity index is 2.27. The molecule has 9 heteroatoms. The first kappa shape index (κ1) is 24.4. The first-order chi connectivity index (χ1) is 14.7. The monoisotopic (exact) mass is 453 g/mol. The van der Waals surface area contributed by atoms with E-state index in [-0.39, 0.29) is 16.6 Å². The molecule has 31 heavy (non-hydrogen) atoms. The van der Waals surface area contributed by atoms with Gasteiger partial charge in [0.15, 0.2) is 0 Å². The molecule has 0 aliphatic carbocycles. The molecular weight excluding hydrogens is 431 g/mol. The molecule has 3 N–H and O–H groups in total. The van der Waals surface area contributed by atoms with Crippen molar-refractivity contribution < 1.29 is 22.7 Å². The predicted molar refractivity (Wildman–Crippen MR) is 116 cm³/mol. The summed E-state index contributed by atoms with van der Waals surface area (Å²) in [6, 6.07) is 12.5. The number of para-hydroxylation sites is 1. The topological polar surface area (TPSA) is 76.7 Å². The van der Waals surface area contributed by atoms with Gasteiger partial charge in [-0.15, -0.1) is 0 Å². The zero-order valence-electron chi connectivity index (χ0n) is 16.9. The van der Waals surface area contributed by atoms with Gasteiger partial charge in [0.1, 0.15) is 5.70 Å². The van der Waals surface area contributed by atoms with Gasteiger partial charge < -0.3 is 15.8 Å². The third-order valence-corrected chi connectivity index (χ3v) is 4.43. The number of carbonyl (C=O) groups is 1. The van der Waals surface area contributed by atoms with Crippen molar-refractivity contribution in [3.8, 4) is 0 Å². The molecule has 166 valence electrons. The van der Waals surface area contributed by atoms with Gasteiger partial charge in [-0.1, -0.05) is 35.9 Å². The van der Waals surface area contributed by atoms with Crippen LogP contribution in [0.15, 0.2) is 65.3 Å². The Morgan fingerprint density at radius 3 is 2.42 bits per heavy atom. The summed E-state index contributed by atoms with van der Waals surface area (Å²) in [5.74, 6) is -0.294. The number of amides is 1. The van der Waals surface area contributed by atoms with Crippen molar-refractivity contribution in [1.82, 2.24) is 5.32 Å². The Bertz CT molecular complexity index is 942.